The van der Waals surface area contributed by atoms with Gasteiger partial charge in [-0.3, -0.25) is 9.59 Å². The van der Waals surface area contributed by atoms with Gasteiger partial charge < -0.3 is 20.1 Å². The van der Waals surface area contributed by atoms with Crippen LogP contribution in [0.2, 0.25) is 5.02 Å². The van der Waals surface area contributed by atoms with E-state index in [0.29, 0.717) is 38.6 Å². The Morgan fingerprint density at radius 3 is 2.40 bits per heavy atom. The van der Waals surface area contributed by atoms with E-state index in [-0.39, 0.29) is 11.8 Å². The number of amides is 2. The molecule has 7 nitrogen and oxygen atoms in total. The minimum atomic E-state index is -0.571. The molecule has 0 spiro atoms. The van der Waals surface area contributed by atoms with Crippen LogP contribution in [-0.2, 0) is 4.79 Å². The highest BCUT2D eigenvalue weighted by Crippen LogP contribution is 2.38. The number of ether oxygens (including phenoxy) is 2. The molecule has 0 saturated heterocycles. The van der Waals surface area contributed by atoms with E-state index in [4.69, 9.17) is 21.1 Å². The minimum Gasteiger partial charge on any atom is -0.493 e. The molecule has 0 aliphatic heterocycles. The van der Waals surface area contributed by atoms with Crippen molar-refractivity contribution in [1.29, 1.82) is 0 Å². The highest BCUT2D eigenvalue weighted by Gasteiger charge is 2.24. The Hall–Kier alpha value is -4.31. The van der Waals surface area contributed by atoms with Gasteiger partial charge in [0.2, 0.25) is 5.91 Å². The number of carbonyl (C=O) groups excluding carboxylic acids is 2. The van der Waals surface area contributed by atoms with Crippen molar-refractivity contribution in [3.8, 4) is 22.8 Å². The molecule has 1 heterocycles. The van der Waals surface area contributed by atoms with Crippen LogP contribution in [0.25, 0.3) is 11.3 Å². The van der Waals surface area contributed by atoms with Crippen LogP contribution in [0, 0.1) is 0 Å². The van der Waals surface area contributed by atoms with Crippen molar-refractivity contribution in [2.45, 2.75) is 10.1 Å². The number of rotatable bonds is 10. The first-order chi connectivity index (χ1) is 20.4. The number of methoxy groups -OCH3 is 2. The second kappa shape index (κ2) is 13.6. The summed E-state index contributed by atoms with van der Waals surface area (Å²) in [6, 6.07) is 29.2. The fourth-order valence-electron chi connectivity index (χ4n) is 4.15. The molecule has 0 fully saturated rings. The highest BCUT2D eigenvalue weighted by atomic mass is 35.5. The van der Waals surface area contributed by atoms with E-state index in [9.17, 15) is 9.59 Å². The van der Waals surface area contributed by atoms with Crippen LogP contribution < -0.4 is 20.1 Å². The molecule has 0 radical (unpaired) electrons. The van der Waals surface area contributed by atoms with Crippen LogP contribution in [0.3, 0.4) is 0 Å². The summed E-state index contributed by atoms with van der Waals surface area (Å²) in [4.78, 5) is 31.8. The Morgan fingerprint density at radius 2 is 1.64 bits per heavy atom. The summed E-state index contributed by atoms with van der Waals surface area (Å²) in [6.45, 7) is 0. The van der Waals surface area contributed by atoms with Crippen molar-refractivity contribution in [1.82, 2.24) is 4.98 Å². The lowest BCUT2D eigenvalue weighted by Crippen LogP contribution is -2.19. The number of halogens is 1. The molecule has 1 atom stereocenters. The van der Waals surface area contributed by atoms with E-state index in [2.05, 4.69) is 15.6 Å². The molecule has 0 saturated carbocycles. The van der Waals surface area contributed by atoms with E-state index >= 15 is 0 Å². The lowest BCUT2D eigenvalue weighted by Gasteiger charge is -2.17. The molecule has 0 aliphatic rings. The third-order valence-corrected chi connectivity index (χ3v) is 8.43. The van der Waals surface area contributed by atoms with Crippen LogP contribution in [0.5, 0.6) is 11.5 Å². The Labute approximate surface area is 256 Å². The van der Waals surface area contributed by atoms with Gasteiger partial charge in [-0.15, -0.1) is 23.1 Å². The van der Waals surface area contributed by atoms with Gasteiger partial charge in [0.05, 0.1) is 19.9 Å². The Bertz CT molecular complexity index is 1710. The summed E-state index contributed by atoms with van der Waals surface area (Å²) >= 11 is 8.77. The predicted molar refractivity (Wildman–Crippen MR) is 170 cm³/mol. The molecule has 5 rings (SSSR count). The van der Waals surface area contributed by atoms with Gasteiger partial charge in [-0.05, 0) is 60.2 Å². The van der Waals surface area contributed by atoms with Crippen molar-refractivity contribution >= 4 is 57.3 Å². The maximum absolute atomic E-state index is 13.6. The molecule has 0 aliphatic carbocycles. The topological polar surface area (TPSA) is 89.6 Å². The standard InChI is InChI=1S/C32H26ClN3O4S2/c1-39-27-15-14-21(17-28(27)40-2)26-19-41-32(35-26)36-31(38)29(20-8-4-3-5-9-20)42-25-13-7-12-24(18-25)34-30(37)22-10-6-11-23(33)16-22/h3-19,29H,1-2H3,(H,34,37)(H,35,36,38). The first-order valence-corrected chi connectivity index (χ1v) is 14.9. The Kier molecular flexibility index (Phi) is 9.43. The maximum Gasteiger partial charge on any atom is 0.255 e. The van der Waals surface area contributed by atoms with E-state index < -0.39 is 5.25 Å². The van der Waals surface area contributed by atoms with Crippen LogP contribution in [0.15, 0.2) is 107 Å². The monoisotopic (exact) mass is 615 g/mol. The first kappa shape index (κ1) is 29.2. The Morgan fingerprint density at radius 1 is 0.857 bits per heavy atom. The molecule has 5 aromatic rings. The maximum atomic E-state index is 13.6. The van der Waals surface area contributed by atoms with Gasteiger partial charge in [0.25, 0.3) is 5.91 Å². The lowest BCUT2D eigenvalue weighted by molar-refractivity contribution is -0.115. The van der Waals surface area contributed by atoms with Gasteiger partial charge in [-0.25, -0.2) is 4.98 Å². The number of anilines is 2. The van der Waals surface area contributed by atoms with Crippen molar-refractivity contribution in [2.24, 2.45) is 0 Å². The molecule has 1 aromatic heterocycles. The number of thiazole rings is 1. The van der Waals surface area contributed by atoms with E-state index in [1.165, 1.54) is 23.1 Å². The number of hydrogen-bond acceptors (Lipinski definition) is 7. The number of nitrogens with zero attached hydrogens (tertiary/aromatic N) is 1. The minimum absolute atomic E-state index is 0.215. The Balaban J connectivity index is 1.34. The second-order valence-electron chi connectivity index (χ2n) is 9.00. The second-order valence-corrected chi connectivity index (χ2v) is 11.5. The third kappa shape index (κ3) is 7.12. The summed E-state index contributed by atoms with van der Waals surface area (Å²) in [6.07, 6.45) is 0. The SMILES string of the molecule is COc1ccc(-c2csc(NC(=O)C(Sc3cccc(NC(=O)c4cccc(Cl)c4)c3)c3ccccc3)n2)cc1OC. The molecule has 0 bridgehead atoms. The molecule has 1 unspecified atom stereocenters. The normalized spacial score (nSPS) is 11.4. The quantitative estimate of drug-likeness (QED) is 0.154. The third-order valence-electron chi connectivity index (χ3n) is 6.19. The molecular formula is C32H26ClN3O4S2. The van der Waals surface area contributed by atoms with Crippen LogP contribution >= 0.6 is 34.7 Å². The van der Waals surface area contributed by atoms with Gasteiger partial charge in [0.15, 0.2) is 16.6 Å². The van der Waals surface area contributed by atoms with E-state index in [0.717, 1.165) is 16.0 Å². The number of carbonyl (C=O) groups is 2. The number of nitrogens with one attached hydrogen (secondary N) is 2. The fraction of sp³-hybridized carbons (Fsp3) is 0.0938. The molecule has 42 heavy (non-hydrogen) atoms. The van der Waals surface area contributed by atoms with Gasteiger partial charge in [0, 0.05) is 32.1 Å². The number of aromatic nitrogens is 1. The average molecular weight is 616 g/mol. The lowest BCUT2D eigenvalue weighted by atomic mass is 10.1. The van der Waals surface area contributed by atoms with Crippen LogP contribution in [0.1, 0.15) is 21.2 Å². The molecule has 4 aromatic carbocycles. The fourth-order valence-corrected chi connectivity index (χ4v) is 6.14. The summed E-state index contributed by atoms with van der Waals surface area (Å²) in [5, 5.41) is 8.17. The number of thioether (sulfide) groups is 1. The highest BCUT2D eigenvalue weighted by molar-refractivity contribution is 8.00. The molecule has 2 amide bonds. The van der Waals surface area contributed by atoms with Gasteiger partial charge >= 0.3 is 0 Å². The zero-order chi connectivity index (χ0) is 29.5. The molecule has 10 heteroatoms. The average Bonchev–Trinajstić information content (AvgIpc) is 3.48. The van der Waals surface area contributed by atoms with Crippen molar-refractivity contribution < 1.29 is 19.1 Å². The van der Waals surface area contributed by atoms with Crippen molar-refractivity contribution in [2.75, 3.05) is 24.9 Å². The van der Waals surface area contributed by atoms with Crippen LogP contribution in [0.4, 0.5) is 10.8 Å². The summed E-state index contributed by atoms with van der Waals surface area (Å²) in [7, 11) is 3.17. The smallest absolute Gasteiger partial charge is 0.255 e. The zero-order valence-electron chi connectivity index (χ0n) is 22.7. The summed E-state index contributed by atoms with van der Waals surface area (Å²) in [5.41, 5.74) is 3.46. The first-order valence-electron chi connectivity index (χ1n) is 12.8. The van der Waals surface area contributed by atoms with Crippen molar-refractivity contribution in [3.63, 3.8) is 0 Å². The van der Waals surface area contributed by atoms with E-state index in [1.807, 2.05) is 72.1 Å². The molecule has 2 N–H and O–H groups in total. The van der Waals surface area contributed by atoms with Gasteiger partial charge in [0.1, 0.15) is 5.25 Å². The zero-order valence-corrected chi connectivity index (χ0v) is 25.1. The van der Waals surface area contributed by atoms with Gasteiger partial charge in [-0.1, -0.05) is 54.1 Å². The molecule has 212 valence electrons. The molecular weight excluding hydrogens is 590 g/mol. The largest absolute Gasteiger partial charge is 0.493 e. The summed E-state index contributed by atoms with van der Waals surface area (Å²) in [5.74, 6) is 0.736. The number of hydrogen-bond donors (Lipinski definition) is 2. The van der Waals surface area contributed by atoms with E-state index in [1.54, 1.807) is 44.6 Å². The van der Waals surface area contributed by atoms with Crippen LogP contribution in [-0.4, -0.2) is 31.0 Å². The van der Waals surface area contributed by atoms with Gasteiger partial charge in [-0.2, -0.15) is 0 Å². The number of benzene rings is 4. The predicted octanol–water partition coefficient (Wildman–Crippen LogP) is 8.21. The summed E-state index contributed by atoms with van der Waals surface area (Å²) < 4.78 is 10.7. The van der Waals surface area contributed by atoms with Crippen molar-refractivity contribution in [3.05, 3.63) is 119 Å².